The third kappa shape index (κ3) is 3.73. The number of benzene rings is 1. The molecule has 0 N–H and O–H groups in total. The average Bonchev–Trinajstić information content (AvgIpc) is 2.39. The number of carbonyl (C=O) groups is 2. The predicted molar refractivity (Wildman–Crippen MR) is 68.2 cm³/mol. The summed E-state index contributed by atoms with van der Waals surface area (Å²) in [5, 5.41) is 0. The zero-order valence-corrected chi connectivity index (χ0v) is 10.7. The third-order valence-electron chi connectivity index (χ3n) is 2.49. The number of ether oxygens (including phenoxy) is 2. The molecule has 0 saturated heterocycles. The van der Waals surface area contributed by atoms with Gasteiger partial charge in [0.25, 0.3) is 0 Å². The monoisotopic (exact) mass is 248 g/mol. The van der Waals surface area contributed by atoms with E-state index in [2.05, 4.69) is 4.74 Å². The molecular weight excluding hydrogens is 232 g/mol. The maximum atomic E-state index is 11.5. The lowest BCUT2D eigenvalue weighted by molar-refractivity contribution is -0.139. The topological polar surface area (TPSA) is 52.6 Å². The Bertz CT molecular complexity index is 475. The van der Waals surface area contributed by atoms with E-state index in [9.17, 15) is 9.59 Å². The maximum absolute atomic E-state index is 11.5. The molecule has 0 spiro atoms. The smallest absolute Gasteiger partial charge is 0.338 e. The minimum absolute atomic E-state index is 0.206. The molecule has 0 atom stereocenters. The minimum atomic E-state index is -0.365. The van der Waals surface area contributed by atoms with E-state index in [1.165, 1.54) is 14.2 Å². The second-order valence-corrected chi connectivity index (χ2v) is 3.75. The largest absolute Gasteiger partial charge is 0.469 e. The lowest BCUT2D eigenvalue weighted by atomic mass is 10.0. The zero-order valence-electron chi connectivity index (χ0n) is 10.7. The van der Waals surface area contributed by atoms with Crippen LogP contribution in [-0.2, 0) is 14.3 Å². The summed E-state index contributed by atoms with van der Waals surface area (Å²) in [4.78, 5) is 22.4. The number of hydrogen-bond acceptors (Lipinski definition) is 4. The standard InChI is InChI=1S/C14H16O4/c1-10-7-8-11(5-4-6-13(15)17-2)9-12(10)14(16)18-3/h4-5,7-9H,6H2,1-3H3. The Morgan fingerprint density at radius 2 is 1.94 bits per heavy atom. The fourth-order valence-electron chi connectivity index (χ4n) is 1.45. The summed E-state index contributed by atoms with van der Waals surface area (Å²) in [5.74, 6) is -0.665. The highest BCUT2D eigenvalue weighted by atomic mass is 16.5. The molecule has 0 bridgehead atoms. The zero-order chi connectivity index (χ0) is 13.5. The van der Waals surface area contributed by atoms with Crippen LogP contribution in [0.1, 0.15) is 27.9 Å². The first-order valence-electron chi connectivity index (χ1n) is 5.50. The molecule has 0 aliphatic rings. The van der Waals surface area contributed by atoms with Gasteiger partial charge in [-0.05, 0) is 24.1 Å². The average molecular weight is 248 g/mol. The molecule has 0 aromatic heterocycles. The van der Waals surface area contributed by atoms with Crippen molar-refractivity contribution < 1.29 is 19.1 Å². The molecule has 0 aliphatic carbocycles. The molecule has 96 valence electrons. The maximum Gasteiger partial charge on any atom is 0.338 e. The molecular formula is C14H16O4. The second-order valence-electron chi connectivity index (χ2n) is 3.75. The van der Waals surface area contributed by atoms with E-state index in [-0.39, 0.29) is 18.4 Å². The fraction of sp³-hybridized carbons (Fsp3) is 0.286. The highest BCUT2D eigenvalue weighted by Crippen LogP contribution is 2.13. The molecule has 0 unspecified atom stereocenters. The lowest BCUT2D eigenvalue weighted by Crippen LogP contribution is -2.03. The van der Waals surface area contributed by atoms with Gasteiger partial charge >= 0.3 is 11.9 Å². The molecule has 0 saturated carbocycles. The van der Waals surface area contributed by atoms with Gasteiger partial charge in [-0.2, -0.15) is 0 Å². The van der Waals surface area contributed by atoms with Crippen molar-refractivity contribution in [3.05, 3.63) is 41.0 Å². The Morgan fingerprint density at radius 3 is 2.56 bits per heavy atom. The van der Waals surface area contributed by atoms with Gasteiger partial charge in [-0.25, -0.2) is 4.79 Å². The van der Waals surface area contributed by atoms with Crippen molar-refractivity contribution in [2.75, 3.05) is 14.2 Å². The van der Waals surface area contributed by atoms with Crippen molar-refractivity contribution in [1.82, 2.24) is 0 Å². The van der Waals surface area contributed by atoms with E-state index in [0.29, 0.717) is 5.56 Å². The number of hydrogen-bond donors (Lipinski definition) is 0. The summed E-state index contributed by atoms with van der Waals surface area (Å²) in [7, 11) is 2.69. The fourth-order valence-corrected chi connectivity index (χ4v) is 1.45. The van der Waals surface area contributed by atoms with Crippen molar-refractivity contribution in [3.63, 3.8) is 0 Å². The van der Waals surface area contributed by atoms with Gasteiger partial charge in [0.1, 0.15) is 0 Å². The SMILES string of the molecule is COC(=O)CC=Cc1ccc(C)c(C(=O)OC)c1. The lowest BCUT2D eigenvalue weighted by Gasteiger charge is -2.04. The van der Waals surface area contributed by atoms with Gasteiger partial charge in [0, 0.05) is 0 Å². The van der Waals surface area contributed by atoms with Crippen LogP contribution < -0.4 is 0 Å². The minimum Gasteiger partial charge on any atom is -0.469 e. The van der Waals surface area contributed by atoms with Crippen LogP contribution in [0, 0.1) is 6.92 Å². The van der Waals surface area contributed by atoms with Crippen molar-refractivity contribution in [2.24, 2.45) is 0 Å². The predicted octanol–water partition coefficient (Wildman–Crippen LogP) is 2.36. The molecule has 1 rings (SSSR count). The molecule has 1 aromatic rings. The van der Waals surface area contributed by atoms with Gasteiger partial charge in [0.15, 0.2) is 0 Å². The third-order valence-corrected chi connectivity index (χ3v) is 2.49. The van der Waals surface area contributed by atoms with E-state index >= 15 is 0 Å². The van der Waals surface area contributed by atoms with Gasteiger partial charge < -0.3 is 9.47 Å². The molecule has 4 nitrogen and oxygen atoms in total. The van der Waals surface area contributed by atoms with Gasteiger partial charge in [-0.1, -0.05) is 24.3 Å². The van der Waals surface area contributed by atoms with E-state index in [1.54, 1.807) is 18.2 Å². The molecule has 0 heterocycles. The van der Waals surface area contributed by atoms with Crippen LogP contribution in [0.3, 0.4) is 0 Å². The van der Waals surface area contributed by atoms with Crippen LogP contribution >= 0.6 is 0 Å². The Balaban J connectivity index is 2.85. The summed E-state index contributed by atoms with van der Waals surface area (Å²) in [6, 6.07) is 5.44. The highest BCUT2D eigenvalue weighted by molar-refractivity contribution is 5.91. The molecule has 1 aromatic carbocycles. The van der Waals surface area contributed by atoms with Crippen molar-refractivity contribution in [2.45, 2.75) is 13.3 Å². The Morgan fingerprint density at radius 1 is 1.22 bits per heavy atom. The molecule has 0 aliphatic heterocycles. The molecule has 18 heavy (non-hydrogen) atoms. The van der Waals surface area contributed by atoms with E-state index in [1.807, 2.05) is 19.1 Å². The van der Waals surface area contributed by atoms with Crippen LogP contribution in [0.5, 0.6) is 0 Å². The highest BCUT2D eigenvalue weighted by Gasteiger charge is 2.08. The van der Waals surface area contributed by atoms with Crippen molar-refractivity contribution in [3.8, 4) is 0 Å². The number of esters is 2. The second kappa shape index (κ2) is 6.59. The quantitative estimate of drug-likeness (QED) is 0.767. The van der Waals surface area contributed by atoms with Gasteiger partial charge in [-0.15, -0.1) is 0 Å². The first-order chi connectivity index (χ1) is 8.58. The van der Waals surface area contributed by atoms with Crippen LogP contribution in [-0.4, -0.2) is 26.2 Å². The van der Waals surface area contributed by atoms with Gasteiger partial charge in [0.2, 0.25) is 0 Å². The molecule has 0 fully saturated rings. The Labute approximate surface area is 106 Å². The van der Waals surface area contributed by atoms with Crippen LogP contribution in [0.4, 0.5) is 0 Å². The van der Waals surface area contributed by atoms with Crippen LogP contribution in [0.15, 0.2) is 24.3 Å². The summed E-state index contributed by atoms with van der Waals surface area (Å²) in [6.07, 6.45) is 3.66. The first kappa shape index (κ1) is 14.0. The van der Waals surface area contributed by atoms with E-state index in [4.69, 9.17) is 4.74 Å². The Hall–Kier alpha value is -2.10. The number of rotatable bonds is 4. The molecule has 0 radical (unpaired) electrons. The normalized spacial score (nSPS) is 10.4. The molecule has 4 heteroatoms. The number of aryl methyl sites for hydroxylation is 1. The molecule has 0 amide bonds. The van der Waals surface area contributed by atoms with Crippen LogP contribution in [0.25, 0.3) is 6.08 Å². The summed E-state index contributed by atoms with van der Waals surface area (Å²) in [5.41, 5.74) is 2.22. The van der Waals surface area contributed by atoms with Gasteiger partial charge in [-0.3, -0.25) is 4.79 Å². The van der Waals surface area contributed by atoms with Crippen LogP contribution in [0.2, 0.25) is 0 Å². The van der Waals surface area contributed by atoms with E-state index in [0.717, 1.165) is 11.1 Å². The number of carbonyl (C=O) groups excluding carboxylic acids is 2. The van der Waals surface area contributed by atoms with E-state index < -0.39 is 0 Å². The first-order valence-corrected chi connectivity index (χ1v) is 5.50. The van der Waals surface area contributed by atoms with Gasteiger partial charge in [0.05, 0.1) is 26.2 Å². The summed E-state index contributed by atoms with van der Waals surface area (Å²) < 4.78 is 9.22. The van der Waals surface area contributed by atoms with Crippen molar-refractivity contribution in [1.29, 1.82) is 0 Å². The Kier molecular flexibility index (Phi) is 5.11. The summed E-state index contributed by atoms with van der Waals surface area (Å²) >= 11 is 0. The number of methoxy groups -OCH3 is 2. The van der Waals surface area contributed by atoms with Crippen molar-refractivity contribution >= 4 is 18.0 Å². The summed E-state index contributed by atoms with van der Waals surface area (Å²) in [6.45, 7) is 1.84.